The number of halogens is 1. The van der Waals surface area contributed by atoms with E-state index in [1.807, 2.05) is 31.2 Å². The molecular weight excluding hydrogens is 342 g/mol. The number of carbonyl (C=O) groups is 2. The highest BCUT2D eigenvalue weighted by Gasteiger charge is 2.41. The standard InChI is InChI=1S/C18H25N3O3.ClH/c1-12-5-3-4-6-14(12)16-17(24-11-15(22)21(16)2)18(23)20-13-7-9-19-10-8-13;/h3-6,13,16-17,19H,7-11H2,1-2H3,(H,20,23);1H/t16-,17+;/m1./s1. The molecule has 0 saturated carbocycles. The van der Waals surface area contributed by atoms with Gasteiger partial charge >= 0.3 is 0 Å². The second-order valence-electron chi connectivity index (χ2n) is 6.57. The summed E-state index contributed by atoms with van der Waals surface area (Å²) in [7, 11) is 1.74. The van der Waals surface area contributed by atoms with Crippen molar-refractivity contribution in [2.75, 3.05) is 26.7 Å². The maximum atomic E-state index is 12.8. The summed E-state index contributed by atoms with van der Waals surface area (Å²) in [5, 5.41) is 6.39. The van der Waals surface area contributed by atoms with E-state index in [2.05, 4.69) is 10.6 Å². The molecule has 1 aromatic carbocycles. The first-order valence-corrected chi connectivity index (χ1v) is 8.52. The molecule has 0 aromatic heterocycles. The molecule has 2 fully saturated rings. The Bertz CT molecular complexity index is 619. The quantitative estimate of drug-likeness (QED) is 0.841. The number of aryl methyl sites for hydroxylation is 1. The molecule has 3 rings (SSSR count). The Balaban J connectivity index is 0.00000225. The van der Waals surface area contributed by atoms with Crippen molar-refractivity contribution in [2.45, 2.75) is 38.0 Å². The van der Waals surface area contributed by atoms with E-state index in [1.54, 1.807) is 11.9 Å². The molecule has 2 aliphatic heterocycles. The van der Waals surface area contributed by atoms with Crippen LogP contribution < -0.4 is 10.6 Å². The van der Waals surface area contributed by atoms with E-state index in [9.17, 15) is 9.59 Å². The Hall–Kier alpha value is -1.63. The number of rotatable bonds is 3. The Morgan fingerprint density at radius 3 is 2.64 bits per heavy atom. The lowest BCUT2D eigenvalue weighted by Crippen LogP contribution is -2.55. The predicted octanol–water partition coefficient (Wildman–Crippen LogP) is 1.18. The molecule has 0 radical (unpaired) electrons. The van der Waals surface area contributed by atoms with Gasteiger partial charge in [-0.1, -0.05) is 24.3 Å². The zero-order valence-electron chi connectivity index (χ0n) is 14.7. The molecule has 2 atom stereocenters. The summed E-state index contributed by atoms with van der Waals surface area (Å²) in [5.74, 6) is -0.233. The van der Waals surface area contributed by atoms with E-state index in [1.165, 1.54) is 0 Å². The highest BCUT2D eigenvalue weighted by atomic mass is 35.5. The highest BCUT2D eigenvalue weighted by molar-refractivity contribution is 5.86. The van der Waals surface area contributed by atoms with Crippen LogP contribution in [0.25, 0.3) is 0 Å². The van der Waals surface area contributed by atoms with Crippen LogP contribution in [0.15, 0.2) is 24.3 Å². The van der Waals surface area contributed by atoms with Gasteiger partial charge in [-0.3, -0.25) is 9.59 Å². The highest BCUT2D eigenvalue weighted by Crippen LogP contribution is 2.31. The van der Waals surface area contributed by atoms with Crippen molar-refractivity contribution >= 4 is 24.2 Å². The minimum atomic E-state index is -0.677. The Morgan fingerprint density at radius 2 is 1.96 bits per heavy atom. The van der Waals surface area contributed by atoms with Crippen molar-refractivity contribution in [1.29, 1.82) is 0 Å². The second-order valence-corrected chi connectivity index (χ2v) is 6.57. The fourth-order valence-electron chi connectivity index (χ4n) is 3.47. The Kier molecular flexibility index (Phi) is 6.81. The van der Waals surface area contributed by atoms with Gasteiger partial charge in [0.05, 0.1) is 6.04 Å². The van der Waals surface area contributed by atoms with Gasteiger partial charge in [0, 0.05) is 13.1 Å². The summed E-state index contributed by atoms with van der Waals surface area (Å²) >= 11 is 0. The number of hydrogen-bond donors (Lipinski definition) is 2. The van der Waals surface area contributed by atoms with Gasteiger partial charge in [0.25, 0.3) is 5.91 Å². The molecule has 25 heavy (non-hydrogen) atoms. The second kappa shape index (κ2) is 8.65. The van der Waals surface area contributed by atoms with Gasteiger partial charge in [-0.05, 0) is 44.0 Å². The maximum absolute atomic E-state index is 12.8. The molecule has 0 bridgehead atoms. The van der Waals surface area contributed by atoms with E-state index in [0.29, 0.717) is 0 Å². The van der Waals surface area contributed by atoms with Crippen LogP contribution >= 0.6 is 12.4 Å². The number of likely N-dealkylation sites (N-methyl/N-ethyl adjacent to an activating group) is 1. The average molecular weight is 368 g/mol. The predicted molar refractivity (Wildman–Crippen MR) is 97.7 cm³/mol. The van der Waals surface area contributed by atoms with Crippen LogP contribution in [0.4, 0.5) is 0 Å². The minimum Gasteiger partial charge on any atom is -0.356 e. The van der Waals surface area contributed by atoms with Crippen molar-refractivity contribution in [1.82, 2.24) is 15.5 Å². The molecule has 1 aromatic rings. The van der Waals surface area contributed by atoms with Crippen molar-refractivity contribution in [3.8, 4) is 0 Å². The third kappa shape index (κ3) is 4.32. The third-order valence-electron chi connectivity index (χ3n) is 4.93. The van der Waals surface area contributed by atoms with Gasteiger partial charge in [0.1, 0.15) is 6.61 Å². The lowest BCUT2D eigenvalue weighted by atomic mass is 9.93. The molecule has 2 amide bonds. The summed E-state index contributed by atoms with van der Waals surface area (Å²) in [4.78, 5) is 26.6. The first kappa shape index (κ1) is 19.7. The molecule has 6 nitrogen and oxygen atoms in total. The largest absolute Gasteiger partial charge is 0.356 e. The first-order valence-electron chi connectivity index (χ1n) is 8.52. The van der Waals surface area contributed by atoms with Crippen LogP contribution in [0.2, 0.25) is 0 Å². The molecule has 7 heteroatoms. The molecule has 0 aliphatic carbocycles. The Labute approximate surface area is 154 Å². The summed E-state index contributed by atoms with van der Waals surface area (Å²) in [5.41, 5.74) is 2.01. The van der Waals surface area contributed by atoms with E-state index in [4.69, 9.17) is 4.74 Å². The van der Waals surface area contributed by atoms with Crippen LogP contribution in [0.1, 0.15) is 30.0 Å². The van der Waals surface area contributed by atoms with Crippen LogP contribution in [0.5, 0.6) is 0 Å². The maximum Gasteiger partial charge on any atom is 0.251 e. The number of hydrogen-bond acceptors (Lipinski definition) is 4. The fraction of sp³-hybridized carbons (Fsp3) is 0.556. The minimum absolute atomic E-state index is 0. The van der Waals surface area contributed by atoms with Crippen LogP contribution in [0, 0.1) is 6.92 Å². The Morgan fingerprint density at radius 1 is 1.28 bits per heavy atom. The monoisotopic (exact) mass is 367 g/mol. The van der Waals surface area contributed by atoms with Gasteiger partial charge in [-0.15, -0.1) is 12.4 Å². The molecular formula is C18H26ClN3O3. The summed E-state index contributed by atoms with van der Waals surface area (Å²) in [6, 6.07) is 7.61. The smallest absolute Gasteiger partial charge is 0.251 e. The van der Waals surface area contributed by atoms with E-state index < -0.39 is 12.1 Å². The van der Waals surface area contributed by atoms with E-state index in [-0.39, 0.29) is 36.9 Å². The first-order chi connectivity index (χ1) is 11.6. The summed E-state index contributed by atoms with van der Waals surface area (Å²) < 4.78 is 5.67. The molecule has 2 heterocycles. The number of piperidine rings is 1. The molecule has 2 aliphatic rings. The van der Waals surface area contributed by atoms with Gasteiger partial charge in [0.2, 0.25) is 5.91 Å². The van der Waals surface area contributed by atoms with Gasteiger partial charge in [-0.25, -0.2) is 0 Å². The molecule has 138 valence electrons. The summed E-state index contributed by atoms with van der Waals surface area (Å²) in [6.45, 7) is 3.76. The number of ether oxygens (including phenoxy) is 1. The number of morpholine rings is 1. The van der Waals surface area contributed by atoms with Gasteiger partial charge in [-0.2, -0.15) is 0 Å². The zero-order chi connectivity index (χ0) is 17.1. The van der Waals surface area contributed by atoms with Crippen molar-refractivity contribution in [3.63, 3.8) is 0 Å². The lowest BCUT2D eigenvalue weighted by molar-refractivity contribution is -0.162. The van der Waals surface area contributed by atoms with E-state index >= 15 is 0 Å². The average Bonchev–Trinajstić information content (AvgIpc) is 2.59. The SMILES string of the molecule is Cc1ccccc1[C@@H]1[C@@H](C(=O)NC2CCNCC2)OCC(=O)N1C.Cl. The molecule has 0 spiro atoms. The number of carbonyl (C=O) groups excluding carboxylic acids is 2. The van der Waals surface area contributed by atoms with E-state index in [0.717, 1.165) is 37.1 Å². The normalized spacial score (nSPS) is 24.6. The molecule has 2 saturated heterocycles. The number of benzene rings is 1. The number of amides is 2. The van der Waals surface area contributed by atoms with Crippen LogP contribution in [0.3, 0.4) is 0 Å². The number of nitrogens with one attached hydrogen (secondary N) is 2. The topological polar surface area (TPSA) is 70.7 Å². The zero-order valence-corrected chi connectivity index (χ0v) is 15.5. The lowest BCUT2D eigenvalue weighted by Gasteiger charge is -2.39. The number of nitrogens with zero attached hydrogens (tertiary/aromatic N) is 1. The van der Waals surface area contributed by atoms with Crippen LogP contribution in [-0.2, 0) is 14.3 Å². The van der Waals surface area contributed by atoms with Crippen molar-refractivity contribution in [2.24, 2.45) is 0 Å². The van der Waals surface area contributed by atoms with Crippen molar-refractivity contribution < 1.29 is 14.3 Å². The van der Waals surface area contributed by atoms with Crippen molar-refractivity contribution in [3.05, 3.63) is 35.4 Å². The molecule has 2 N–H and O–H groups in total. The fourth-order valence-corrected chi connectivity index (χ4v) is 3.47. The third-order valence-corrected chi connectivity index (χ3v) is 4.93. The van der Waals surface area contributed by atoms with Crippen LogP contribution in [-0.4, -0.2) is 55.6 Å². The molecule has 0 unspecified atom stereocenters. The summed E-state index contributed by atoms with van der Waals surface area (Å²) in [6.07, 6.45) is 1.16. The van der Waals surface area contributed by atoms with Gasteiger partial charge in [0.15, 0.2) is 6.10 Å². The van der Waals surface area contributed by atoms with Gasteiger partial charge < -0.3 is 20.3 Å².